The quantitative estimate of drug-likeness (QED) is 0.378. The zero-order valence-electron chi connectivity index (χ0n) is 24.3. The lowest BCUT2D eigenvalue weighted by Crippen LogP contribution is -2.37. The highest BCUT2D eigenvalue weighted by Gasteiger charge is 2.35. The van der Waals surface area contributed by atoms with Crippen LogP contribution in [0.1, 0.15) is 61.2 Å². The minimum absolute atomic E-state index is 0.00207. The third-order valence-electron chi connectivity index (χ3n) is 6.86. The molecule has 2 aromatic carbocycles. The van der Waals surface area contributed by atoms with Gasteiger partial charge in [-0.05, 0) is 81.1 Å². The molecule has 3 rings (SSSR count). The van der Waals surface area contributed by atoms with Crippen molar-refractivity contribution >= 4 is 33.4 Å². The van der Waals surface area contributed by atoms with Gasteiger partial charge in [0.15, 0.2) is 9.84 Å². The molecule has 1 aliphatic heterocycles. The van der Waals surface area contributed by atoms with Crippen LogP contribution >= 0.6 is 11.6 Å². The van der Waals surface area contributed by atoms with Crippen molar-refractivity contribution in [3.8, 4) is 0 Å². The van der Waals surface area contributed by atoms with Crippen molar-refractivity contribution < 1.29 is 35.9 Å². The Morgan fingerprint density at radius 1 is 1.12 bits per heavy atom. The van der Waals surface area contributed by atoms with Gasteiger partial charge in [0, 0.05) is 43.8 Å². The minimum Gasteiger partial charge on any atom is -0.444 e. The summed E-state index contributed by atoms with van der Waals surface area (Å²) in [7, 11) is -1.98. The molecule has 0 aliphatic carbocycles. The summed E-state index contributed by atoms with van der Waals surface area (Å²) in [6, 6.07) is 7.61. The van der Waals surface area contributed by atoms with Crippen molar-refractivity contribution in [2.75, 3.05) is 32.4 Å². The van der Waals surface area contributed by atoms with Crippen molar-refractivity contribution in [2.45, 2.75) is 63.9 Å². The minimum atomic E-state index is -4.70. The lowest BCUT2D eigenvalue weighted by atomic mass is 10.0. The number of benzene rings is 2. The first-order valence-corrected chi connectivity index (χ1v) is 15.6. The summed E-state index contributed by atoms with van der Waals surface area (Å²) in [4.78, 5) is 28.5. The molecule has 1 heterocycles. The highest BCUT2D eigenvalue weighted by Crippen LogP contribution is 2.34. The van der Waals surface area contributed by atoms with Gasteiger partial charge < -0.3 is 15.0 Å². The average molecular weight is 632 g/mol. The van der Waals surface area contributed by atoms with Crippen LogP contribution in [0.2, 0.25) is 5.02 Å². The summed E-state index contributed by atoms with van der Waals surface area (Å²) in [6.07, 6.45) is -4.43. The van der Waals surface area contributed by atoms with E-state index in [2.05, 4.69) is 5.32 Å². The molecule has 0 radical (unpaired) electrons. The van der Waals surface area contributed by atoms with Crippen LogP contribution in [0, 0.1) is 5.92 Å². The van der Waals surface area contributed by atoms with Crippen LogP contribution in [0.4, 0.5) is 18.0 Å². The van der Waals surface area contributed by atoms with Crippen molar-refractivity contribution in [1.82, 2.24) is 15.1 Å². The van der Waals surface area contributed by atoms with Gasteiger partial charge in [0.1, 0.15) is 5.60 Å². The molecule has 8 nitrogen and oxygen atoms in total. The van der Waals surface area contributed by atoms with Crippen LogP contribution in [0.25, 0.3) is 0 Å². The van der Waals surface area contributed by atoms with E-state index in [1.54, 1.807) is 27.8 Å². The molecule has 2 amide bonds. The van der Waals surface area contributed by atoms with Crippen LogP contribution < -0.4 is 5.32 Å². The first-order valence-electron chi connectivity index (χ1n) is 13.6. The topological polar surface area (TPSA) is 96.0 Å². The van der Waals surface area contributed by atoms with Gasteiger partial charge >= 0.3 is 12.3 Å². The van der Waals surface area contributed by atoms with Crippen LogP contribution in [-0.4, -0.2) is 68.3 Å². The number of hydrogen-bond acceptors (Lipinski definition) is 6. The van der Waals surface area contributed by atoms with E-state index in [0.717, 1.165) is 6.07 Å². The molecule has 1 aliphatic rings. The molecule has 232 valence electrons. The fraction of sp³-hybridized carbons (Fsp3) is 0.517. The van der Waals surface area contributed by atoms with Crippen molar-refractivity contribution in [2.24, 2.45) is 5.92 Å². The number of carbonyl (C=O) groups excluding carboxylic acids is 2. The van der Waals surface area contributed by atoms with Gasteiger partial charge in [-0.25, -0.2) is 13.2 Å². The number of amides is 2. The van der Waals surface area contributed by atoms with Gasteiger partial charge in [-0.3, -0.25) is 9.69 Å². The fourth-order valence-electron chi connectivity index (χ4n) is 4.79. The van der Waals surface area contributed by atoms with E-state index in [0.29, 0.717) is 26.1 Å². The van der Waals surface area contributed by atoms with E-state index >= 15 is 0 Å². The van der Waals surface area contributed by atoms with Crippen LogP contribution in [-0.2, 0) is 33.8 Å². The standard InChI is InChI=1S/C29H37ClF3N3O5S/c1-6-42(39,40)25-10-9-23(30)13-22(25)15-34-26(37)20-7-8-21(24(14-20)29(31,32)33)18-36-12-11-19(17-36)16-35(5)27(38)41-28(2,3)4/h7-10,13-14,19H,6,11-12,15-18H2,1-5H3,(H,34,37)/t19-/m0/s1. The van der Waals surface area contributed by atoms with E-state index in [4.69, 9.17) is 16.3 Å². The van der Waals surface area contributed by atoms with Gasteiger partial charge in [-0.2, -0.15) is 13.2 Å². The first-order chi connectivity index (χ1) is 19.4. The molecular formula is C29H37ClF3N3O5S. The molecule has 0 bridgehead atoms. The Morgan fingerprint density at radius 2 is 1.81 bits per heavy atom. The molecule has 0 unspecified atom stereocenters. The zero-order valence-corrected chi connectivity index (χ0v) is 25.9. The van der Waals surface area contributed by atoms with E-state index < -0.39 is 39.2 Å². The number of carbonyl (C=O) groups is 2. The van der Waals surface area contributed by atoms with Crippen molar-refractivity contribution in [1.29, 1.82) is 0 Å². The number of hydrogen-bond donors (Lipinski definition) is 1. The number of likely N-dealkylation sites (tertiary alicyclic amines) is 1. The van der Waals surface area contributed by atoms with E-state index in [9.17, 15) is 31.2 Å². The highest BCUT2D eigenvalue weighted by atomic mass is 35.5. The summed E-state index contributed by atoms with van der Waals surface area (Å²) < 4.78 is 72.4. The maximum atomic E-state index is 14.1. The Balaban J connectivity index is 1.70. The second-order valence-corrected chi connectivity index (χ2v) is 14.1. The molecule has 42 heavy (non-hydrogen) atoms. The summed E-state index contributed by atoms with van der Waals surface area (Å²) in [5.41, 5.74) is -1.47. The molecule has 0 aromatic heterocycles. The van der Waals surface area contributed by atoms with E-state index in [1.807, 2.05) is 4.90 Å². The molecule has 2 aromatic rings. The molecule has 0 saturated carbocycles. The third-order valence-corrected chi connectivity index (χ3v) is 8.92. The number of nitrogens with zero attached hydrogens (tertiary/aromatic N) is 2. The summed E-state index contributed by atoms with van der Waals surface area (Å²) in [6.45, 7) is 8.11. The Bertz CT molecular complexity index is 1410. The number of rotatable bonds is 9. The van der Waals surface area contributed by atoms with E-state index in [-0.39, 0.29) is 51.4 Å². The number of halogens is 4. The largest absolute Gasteiger partial charge is 0.444 e. The maximum Gasteiger partial charge on any atom is 0.416 e. The monoisotopic (exact) mass is 631 g/mol. The summed E-state index contributed by atoms with van der Waals surface area (Å²) in [5.74, 6) is -0.863. The molecule has 13 heteroatoms. The predicted octanol–water partition coefficient (Wildman–Crippen LogP) is 5.77. The number of alkyl halides is 3. The Hall–Kier alpha value is -2.83. The number of sulfone groups is 1. The van der Waals surface area contributed by atoms with Gasteiger partial charge in [0.25, 0.3) is 5.91 Å². The third kappa shape index (κ3) is 9.08. The molecule has 1 N–H and O–H groups in total. The van der Waals surface area contributed by atoms with Gasteiger partial charge in [0.2, 0.25) is 0 Å². The predicted molar refractivity (Wildman–Crippen MR) is 154 cm³/mol. The second-order valence-electron chi connectivity index (χ2n) is 11.5. The smallest absolute Gasteiger partial charge is 0.416 e. The van der Waals surface area contributed by atoms with Gasteiger partial charge in [0.05, 0.1) is 16.2 Å². The van der Waals surface area contributed by atoms with Gasteiger partial charge in [-0.1, -0.05) is 24.6 Å². The molecule has 1 saturated heterocycles. The zero-order chi connectivity index (χ0) is 31.5. The highest BCUT2D eigenvalue weighted by molar-refractivity contribution is 7.91. The van der Waals surface area contributed by atoms with E-state index in [1.165, 1.54) is 42.2 Å². The molecule has 1 atom stereocenters. The SMILES string of the molecule is CCS(=O)(=O)c1ccc(Cl)cc1CNC(=O)c1ccc(CN2CC[C@@H](CN(C)C(=O)OC(C)(C)C)C2)c(C(F)(F)F)c1. The lowest BCUT2D eigenvalue weighted by molar-refractivity contribution is -0.138. The second kappa shape index (κ2) is 13.2. The average Bonchev–Trinajstić information content (AvgIpc) is 3.32. The fourth-order valence-corrected chi connectivity index (χ4v) is 6.10. The first kappa shape index (κ1) is 33.7. The Labute approximate surface area is 250 Å². The van der Waals surface area contributed by atoms with Crippen LogP contribution in [0.5, 0.6) is 0 Å². The Morgan fingerprint density at radius 3 is 2.43 bits per heavy atom. The lowest BCUT2D eigenvalue weighted by Gasteiger charge is -2.26. The summed E-state index contributed by atoms with van der Waals surface area (Å²) in [5, 5.41) is 2.78. The molecular weight excluding hydrogens is 595 g/mol. The number of ether oxygens (including phenoxy) is 1. The van der Waals surface area contributed by atoms with Crippen molar-refractivity contribution in [3.05, 3.63) is 63.7 Å². The van der Waals surface area contributed by atoms with Crippen LogP contribution in [0.3, 0.4) is 0 Å². The number of nitrogens with one attached hydrogen (secondary N) is 1. The maximum absolute atomic E-state index is 14.1. The van der Waals surface area contributed by atoms with Crippen LogP contribution in [0.15, 0.2) is 41.3 Å². The van der Waals surface area contributed by atoms with Crippen molar-refractivity contribution in [3.63, 3.8) is 0 Å². The molecule has 1 fully saturated rings. The summed E-state index contributed by atoms with van der Waals surface area (Å²) >= 11 is 6.01. The normalized spacial score (nSPS) is 16.4. The van der Waals surface area contributed by atoms with Gasteiger partial charge in [-0.15, -0.1) is 0 Å². The Kier molecular flexibility index (Phi) is 10.6. The molecule has 0 spiro atoms.